The average Bonchev–Trinajstić information content (AvgIpc) is 3.16. The summed E-state index contributed by atoms with van der Waals surface area (Å²) in [5.41, 5.74) is 1.39. The lowest BCUT2D eigenvalue weighted by atomic mass is 10.1. The monoisotopic (exact) mass is 313 g/mol. The quantitative estimate of drug-likeness (QED) is 0.871. The van der Waals surface area contributed by atoms with Crippen LogP contribution in [0.15, 0.2) is 16.6 Å². The maximum Gasteiger partial charge on any atom is 0.162 e. The van der Waals surface area contributed by atoms with Gasteiger partial charge in [-0.3, -0.25) is 0 Å². The first-order chi connectivity index (χ1) is 8.72. The fraction of sp³-hybridized carbons (Fsp3) is 0.538. The number of hydrogen-bond acceptors (Lipinski definition) is 4. The van der Waals surface area contributed by atoms with Gasteiger partial charge in [-0.15, -0.1) is 0 Å². The molecule has 1 spiro atoms. The van der Waals surface area contributed by atoms with Crippen LogP contribution in [-0.4, -0.2) is 19.8 Å². The van der Waals surface area contributed by atoms with Gasteiger partial charge in [0, 0.05) is 9.89 Å². The van der Waals surface area contributed by atoms with E-state index >= 15 is 0 Å². The van der Waals surface area contributed by atoms with Gasteiger partial charge in [-0.05, 0) is 37.0 Å². The normalized spacial score (nSPS) is 19.7. The summed E-state index contributed by atoms with van der Waals surface area (Å²) in [6.07, 6.45) is 3.16. The fourth-order valence-corrected chi connectivity index (χ4v) is 2.65. The first-order valence-corrected chi connectivity index (χ1v) is 6.91. The van der Waals surface area contributed by atoms with Gasteiger partial charge in [-0.2, -0.15) is 0 Å². The zero-order chi connectivity index (χ0) is 12.6. The van der Waals surface area contributed by atoms with E-state index in [0.717, 1.165) is 41.2 Å². The van der Waals surface area contributed by atoms with E-state index in [1.165, 1.54) is 12.8 Å². The molecule has 2 N–H and O–H groups in total. The fourth-order valence-electron chi connectivity index (χ4n) is 2.13. The lowest BCUT2D eigenvalue weighted by Crippen LogP contribution is -2.17. The lowest BCUT2D eigenvalue weighted by molar-refractivity contribution is 0.141. The number of ether oxygens (including phenoxy) is 2. The van der Waals surface area contributed by atoms with Gasteiger partial charge in [0.05, 0.1) is 19.8 Å². The molecule has 0 aromatic heterocycles. The molecule has 3 rings (SSSR count). The Morgan fingerprint density at radius 1 is 1.22 bits per heavy atom. The highest BCUT2D eigenvalue weighted by Crippen LogP contribution is 2.49. The van der Waals surface area contributed by atoms with Crippen molar-refractivity contribution in [2.24, 2.45) is 11.3 Å². The number of benzene rings is 1. The van der Waals surface area contributed by atoms with Gasteiger partial charge < -0.3 is 14.3 Å². The molecule has 0 saturated heterocycles. The average molecular weight is 314 g/mol. The molecule has 1 fully saturated rings. The Hall–Kier alpha value is -0.780. The van der Waals surface area contributed by atoms with E-state index in [4.69, 9.17) is 15.4 Å². The van der Waals surface area contributed by atoms with Crippen molar-refractivity contribution in [3.63, 3.8) is 0 Å². The minimum absolute atomic E-state index is 0.270. The molecule has 5 heteroatoms. The van der Waals surface area contributed by atoms with Crippen molar-refractivity contribution in [3.05, 3.63) is 22.2 Å². The zero-order valence-electron chi connectivity index (χ0n) is 10.1. The second-order valence-corrected chi connectivity index (χ2v) is 5.94. The molecule has 1 heterocycles. The zero-order valence-corrected chi connectivity index (χ0v) is 11.7. The van der Waals surface area contributed by atoms with Gasteiger partial charge in [-0.25, -0.2) is 5.90 Å². The second kappa shape index (κ2) is 4.72. The van der Waals surface area contributed by atoms with E-state index < -0.39 is 0 Å². The minimum Gasteiger partial charge on any atom is -0.489 e. The van der Waals surface area contributed by atoms with Crippen LogP contribution in [0.2, 0.25) is 0 Å². The molecular weight excluding hydrogens is 298 g/mol. The summed E-state index contributed by atoms with van der Waals surface area (Å²) in [6, 6.07) is 3.99. The summed E-state index contributed by atoms with van der Waals surface area (Å²) in [6.45, 7) is 2.01. The van der Waals surface area contributed by atoms with Crippen LogP contribution in [-0.2, 0) is 11.3 Å². The van der Waals surface area contributed by atoms with E-state index in [0.29, 0.717) is 6.61 Å². The van der Waals surface area contributed by atoms with Gasteiger partial charge in [-0.1, -0.05) is 15.9 Å². The van der Waals surface area contributed by atoms with Crippen molar-refractivity contribution in [1.82, 2.24) is 0 Å². The Morgan fingerprint density at radius 3 is 2.50 bits per heavy atom. The SMILES string of the molecule is NOCCc1cc2c(cc1Br)OCC1(CC1)CO2. The van der Waals surface area contributed by atoms with Crippen LogP contribution >= 0.6 is 15.9 Å². The molecule has 2 aliphatic rings. The summed E-state index contributed by atoms with van der Waals surface area (Å²) in [4.78, 5) is 4.62. The molecular formula is C13H16BrNO3. The van der Waals surface area contributed by atoms with Crippen LogP contribution in [0.4, 0.5) is 0 Å². The van der Waals surface area contributed by atoms with Crippen LogP contribution in [0.25, 0.3) is 0 Å². The van der Waals surface area contributed by atoms with E-state index in [9.17, 15) is 0 Å². The van der Waals surface area contributed by atoms with Crippen molar-refractivity contribution >= 4 is 15.9 Å². The molecule has 0 amide bonds. The first-order valence-electron chi connectivity index (χ1n) is 6.12. The topological polar surface area (TPSA) is 53.7 Å². The number of rotatable bonds is 3. The van der Waals surface area contributed by atoms with Crippen LogP contribution < -0.4 is 15.4 Å². The number of nitrogens with two attached hydrogens (primary N) is 1. The molecule has 18 heavy (non-hydrogen) atoms. The van der Waals surface area contributed by atoms with Crippen molar-refractivity contribution in [2.45, 2.75) is 19.3 Å². The predicted molar refractivity (Wildman–Crippen MR) is 70.6 cm³/mol. The summed E-state index contributed by atoms with van der Waals surface area (Å²) in [5, 5.41) is 0. The second-order valence-electron chi connectivity index (χ2n) is 5.09. The highest BCUT2D eigenvalue weighted by atomic mass is 79.9. The van der Waals surface area contributed by atoms with Crippen molar-refractivity contribution in [2.75, 3.05) is 19.8 Å². The lowest BCUT2D eigenvalue weighted by Gasteiger charge is -2.11. The summed E-state index contributed by atoms with van der Waals surface area (Å²) < 4.78 is 12.7. The molecule has 1 saturated carbocycles. The molecule has 0 atom stereocenters. The number of fused-ring (bicyclic) bond motifs is 1. The Morgan fingerprint density at radius 2 is 1.89 bits per heavy atom. The summed E-state index contributed by atoms with van der Waals surface area (Å²) in [5.74, 6) is 6.71. The van der Waals surface area contributed by atoms with Gasteiger partial charge in [0.25, 0.3) is 0 Å². The maximum atomic E-state index is 5.88. The Labute approximate surface area is 114 Å². The summed E-state index contributed by atoms with van der Waals surface area (Å²) in [7, 11) is 0. The molecule has 0 unspecified atom stereocenters. The van der Waals surface area contributed by atoms with Crippen LogP contribution in [0.5, 0.6) is 11.5 Å². The third-order valence-corrected chi connectivity index (χ3v) is 4.37. The van der Waals surface area contributed by atoms with Gasteiger partial charge in [0.2, 0.25) is 0 Å². The molecule has 1 aromatic carbocycles. The van der Waals surface area contributed by atoms with Crippen molar-refractivity contribution in [3.8, 4) is 11.5 Å². The molecule has 1 aliphatic heterocycles. The van der Waals surface area contributed by atoms with Crippen LogP contribution in [0, 0.1) is 5.41 Å². The molecule has 4 nitrogen and oxygen atoms in total. The van der Waals surface area contributed by atoms with Crippen LogP contribution in [0.1, 0.15) is 18.4 Å². The maximum absolute atomic E-state index is 5.88. The Bertz CT molecular complexity index is 460. The van der Waals surface area contributed by atoms with E-state index in [2.05, 4.69) is 20.8 Å². The third kappa shape index (κ3) is 2.35. The Kier molecular flexibility index (Phi) is 3.21. The largest absolute Gasteiger partial charge is 0.489 e. The number of halogens is 1. The van der Waals surface area contributed by atoms with Crippen molar-refractivity contribution in [1.29, 1.82) is 0 Å². The number of hydrogen-bond donors (Lipinski definition) is 1. The standard InChI is InChI=1S/C13H16BrNO3/c14-10-6-12-11(5-9(10)1-4-18-15)16-7-13(2-3-13)8-17-12/h5-6H,1-4,7-8,15H2. The Balaban J connectivity index is 1.83. The van der Waals surface area contributed by atoms with Crippen LogP contribution in [0.3, 0.4) is 0 Å². The molecule has 1 aliphatic carbocycles. The molecule has 0 bridgehead atoms. The van der Waals surface area contributed by atoms with Crippen molar-refractivity contribution < 1.29 is 14.3 Å². The molecule has 0 radical (unpaired) electrons. The van der Waals surface area contributed by atoms with Gasteiger partial charge in [0.1, 0.15) is 0 Å². The van der Waals surface area contributed by atoms with E-state index in [1.54, 1.807) is 0 Å². The molecule has 98 valence electrons. The predicted octanol–water partition coefficient (Wildman–Crippen LogP) is 2.43. The minimum atomic E-state index is 0.270. The van der Waals surface area contributed by atoms with E-state index in [1.807, 2.05) is 12.1 Å². The highest BCUT2D eigenvalue weighted by molar-refractivity contribution is 9.10. The summed E-state index contributed by atoms with van der Waals surface area (Å²) >= 11 is 3.54. The van der Waals surface area contributed by atoms with E-state index in [-0.39, 0.29) is 5.41 Å². The van der Waals surface area contributed by atoms with Gasteiger partial charge >= 0.3 is 0 Å². The first kappa shape index (κ1) is 12.3. The highest BCUT2D eigenvalue weighted by Gasteiger charge is 2.46. The van der Waals surface area contributed by atoms with Gasteiger partial charge in [0.15, 0.2) is 11.5 Å². The smallest absolute Gasteiger partial charge is 0.162 e. The third-order valence-electron chi connectivity index (χ3n) is 3.63. The molecule has 1 aromatic rings.